The van der Waals surface area contributed by atoms with Crippen molar-refractivity contribution in [3.05, 3.63) is 58.6 Å². The van der Waals surface area contributed by atoms with Gasteiger partial charge < -0.3 is 15.4 Å². The molecule has 0 fully saturated rings. The molecule has 0 aromatic heterocycles. The van der Waals surface area contributed by atoms with Gasteiger partial charge in [-0.05, 0) is 48.1 Å². The number of rotatable bonds is 5. The fraction of sp³-hybridized carbons (Fsp3) is 0.188. The molecule has 0 atom stereocenters. The zero-order valence-electron chi connectivity index (χ0n) is 12.9. The maximum absolute atomic E-state index is 12.8. The van der Waals surface area contributed by atoms with Gasteiger partial charge in [0.05, 0.1) is 10.6 Å². The third kappa shape index (κ3) is 5.99. The van der Waals surface area contributed by atoms with Crippen molar-refractivity contribution in [2.45, 2.75) is 19.3 Å². The molecule has 2 N–H and O–H groups in total. The second-order valence-electron chi connectivity index (χ2n) is 5.02. The summed E-state index contributed by atoms with van der Waals surface area (Å²) in [7, 11) is 0. The number of halogens is 6. The van der Waals surface area contributed by atoms with Crippen LogP contribution < -0.4 is 15.4 Å². The molecule has 0 spiro atoms. The molecular formula is C16H12ClF5N2OS. The van der Waals surface area contributed by atoms with Crippen molar-refractivity contribution < 1.29 is 26.7 Å². The van der Waals surface area contributed by atoms with E-state index >= 15 is 0 Å². The Bertz CT molecular complexity index is 768. The first-order chi connectivity index (χ1) is 12.1. The predicted octanol–water partition coefficient (Wildman–Crippen LogP) is 5.45. The van der Waals surface area contributed by atoms with E-state index in [2.05, 4.69) is 15.4 Å². The van der Waals surface area contributed by atoms with Crippen LogP contribution in [0.3, 0.4) is 0 Å². The summed E-state index contributed by atoms with van der Waals surface area (Å²) in [6.07, 6.45) is -4.58. The quantitative estimate of drug-likeness (QED) is 0.507. The largest absolute Gasteiger partial charge is 0.435 e. The highest BCUT2D eigenvalue weighted by Gasteiger charge is 2.33. The van der Waals surface area contributed by atoms with Crippen LogP contribution in [0.25, 0.3) is 0 Å². The Labute approximate surface area is 156 Å². The van der Waals surface area contributed by atoms with Crippen LogP contribution in [-0.4, -0.2) is 11.7 Å². The van der Waals surface area contributed by atoms with Crippen molar-refractivity contribution in [1.82, 2.24) is 5.32 Å². The average Bonchev–Trinajstić information content (AvgIpc) is 2.54. The molecule has 3 nitrogen and oxygen atoms in total. The number of alkyl halides is 5. The van der Waals surface area contributed by atoms with Crippen molar-refractivity contribution in [3.63, 3.8) is 0 Å². The van der Waals surface area contributed by atoms with Gasteiger partial charge in [-0.15, -0.1) is 0 Å². The lowest BCUT2D eigenvalue weighted by molar-refractivity contribution is -0.137. The number of hydrogen-bond donors (Lipinski definition) is 2. The van der Waals surface area contributed by atoms with Crippen molar-refractivity contribution in [1.29, 1.82) is 0 Å². The molecule has 0 unspecified atom stereocenters. The summed E-state index contributed by atoms with van der Waals surface area (Å²) >= 11 is 10.6. The van der Waals surface area contributed by atoms with Crippen LogP contribution in [0.15, 0.2) is 42.5 Å². The van der Waals surface area contributed by atoms with Crippen LogP contribution in [0.1, 0.15) is 11.1 Å². The van der Waals surface area contributed by atoms with Gasteiger partial charge in [0.25, 0.3) is 0 Å². The van der Waals surface area contributed by atoms with Crippen molar-refractivity contribution in [3.8, 4) is 5.75 Å². The summed E-state index contributed by atoms with van der Waals surface area (Å²) in [4.78, 5) is 0. The Morgan fingerprint density at radius 3 is 2.35 bits per heavy atom. The van der Waals surface area contributed by atoms with E-state index in [4.69, 9.17) is 23.8 Å². The third-order valence-electron chi connectivity index (χ3n) is 3.13. The van der Waals surface area contributed by atoms with E-state index in [1.807, 2.05) is 0 Å². The molecule has 2 rings (SSSR count). The molecule has 2 aromatic carbocycles. The van der Waals surface area contributed by atoms with Crippen LogP contribution in [0.2, 0.25) is 5.02 Å². The van der Waals surface area contributed by atoms with Crippen LogP contribution in [0.4, 0.5) is 27.6 Å². The van der Waals surface area contributed by atoms with Crippen molar-refractivity contribution in [2.24, 2.45) is 0 Å². The van der Waals surface area contributed by atoms with Crippen LogP contribution in [-0.2, 0) is 12.7 Å². The molecular weight excluding hydrogens is 399 g/mol. The van der Waals surface area contributed by atoms with Crippen molar-refractivity contribution >= 4 is 34.6 Å². The van der Waals surface area contributed by atoms with Crippen molar-refractivity contribution in [2.75, 3.05) is 5.32 Å². The summed E-state index contributed by atoms with van der Waals surface area (Å²) in [5.74, 6) is 0.0188. The van der Waals surface area contributed by atoms with Gasteiger partial charge in [-0.3, -0.25) is 0 Å². The first-order valence-electron chi connectivity index (χ1n) is 7.10. The van der Waals surface area contributed by atoms with Gasteiger partial charge in [0.1, 0.15) is 5.75 Å². The first-order valence-corrected chi connectivity index (χ1v) is 7.89. The lowest BCUT2D eigenvalue weighted by atomic mass is 10.2. The van der Waals surface area contributed by atoms with E-state index in [1.54, 1.807) is 12.1 Å². The Balaban J connectivity index is 1.93. The fourth-order valence-corrected chi connectivity index (χ4v) is 2.38. The molecule has 0 saturated carbocycles. The molecule has 0 amide bonds. The average molecular weight is 411 g/mol. The molecule has 0 aliphatic rings. The topological polar surface area (TPSA) is 33.3 Å². The number of hydrogen-bond acceptors (Lipinski definition) is 2. The van der Waals surface area contributed by atoms with E-state index in [1.165, 1.54) is 18.2 Å². The van der Waals surface area contributed by atoms with E-state index < -0.39 is 23.4 Å². The third-order valence-corrected chi connectivity index (χ3v) is 3.71. The van der Waals surface area contributed by atoms with Crippen LogP contribution in [0.5, 0.6) is 5.75 Å². The second kappa shape index (κ2) is 8.50. The zero-order valence-corrected chi connectivity index (χ0v) is 14.5. The zero-order chi connectivity index (χ0) is 19.3. The maximum atomic E-state index is 12.8. The van der Waals surface area contributed by atoms with E-state index in [0.29, 0.717) is 5.56 Å². The smallest absolute Gasteiger partial charge is 0.417 e. The molecule has 0 heterocycles. The number of thiocarbonyl (C=S) groups is 1. The highest BCUT2D eigenvalue weighted by Crippen LogP contribution is 2.36. The summed E-state index contributed by atoms with van der Waals surface area (Å²) in [6.45, 7) is -2.67. The fourth-order valence-electron chi connectivity index (χ4n) is 1.97. The lowest BCUT2D eigenvalue weighted by Crippen LogP contribution is -2.28. The highest BCUT2D eigenvalue weighted by atomic mass is 35.5. The Morgan fingerprint density at radius 2 is 1.77 bits per heavy atom. The molecule has 0 radical (unpaired) electrons. The summed E-state index contributed by atoms with van der Waals surface area (Å²) in [6, 6.07) is 9.18. The minimum absolute atomic E-state index is 0.0188. The Morgan fingerprint density at radius 1 is 1.12 bits per heavy atom. The predicted molar refractivity (Wildman–Crippen MR) is 92.6 cm³/mol. The Kier molecular flexibility index (Phi) is 6.60. The molecule has 140 valence electrons. The first kappa shape index (κ1) is 20.2. The highest BCUT2D eigenvalue weighted by molar-refractivity contribution is 7.80. The number of ether oxygens (including phenoxy) is 1. The number of nitrogens with one attached hydrogen (secondary N) is 2. The minimum atomic E-state index is -4.58. The molecule has 0 bridgehead atoms. The standard InChI is InChI=1S/C16H12ClF5N2OS/c17-13-6-3-10(7-12(13)16(20,21)22)24-15(26)23-8-9-1-4-11(5-2-9)25-14(18)19/h1-7,14H,8H2,(H2,23,24,26). The molecule has 2 aromatic rings. The molecule has 26 heavy (non-hydrogen) atoms. The molecule has 0 saturated heterocycles. The normalized spacial score (nSPS) is 11.3. The second-order valence-corrected chi connectivity index (χ2v) is 5.84. The van der Waals surface area contributed by atoms with Gasteiger partial charge in [0.15, 0.2) is 5.11 Å². The van der Waals surface area contributed by atoms with Gasteiger partial charge in [0.2, 0.25) is 0 Å². The number of benzene rings is 2. The van der Waals surface area contributed by atoms with Gasteiger partial charge in [0, 0.05) is 12.2 Å². The summed E-state index contributed by atoms with van der Waals surface area (Å²) < 4.78 is 66.9. The van der Waals surface area contributed by atoms with E-state index in [9.17, 15) is 22.0 Å². The van der Waals surface area contributed by atoms with E-state index in [-0.39, 0.29) is 23.1 Å². The van der Waals surface area contributed by atoms with Gasteiger partial charge in [-0.25, -0.2) is 0 Å². The van der Waals surface area contributed by atoms with Crippen LogP contribution >= 0.6 is 23.8 Å². The van der Waals surface area contributed by atoms with E-state index in [0.717, 1.165) is 12.1 Å². The summed E-state index contributed by atoms with van der Waals surface area (Å²) in [5.41, 5.74) is -0.135. The van der Waals surface area contributed by atoms with Gasteiger partial charge in [-0.2, -0.15) is 22.0 Å². The minimum Gasteiger partial charge on any atom is -0.435 e. The maximum Gasteiger partial charge on any atom is 0.417 e. The number of anilines is 1. The summed E-state index contributed by atoms with van der Waals surface area (Å²) in [5, 5.41) is 5.11. The monoisotopic (exact) mass is 410 g/mol. The molecule has 0 aliphatic carbocycles. The molecule has 0 aliphatic heterocycles. The molecule has 10 heteroatoms. The van der Waals surface area contributed by atoms with Gasteiger partial charge in [-0.1, -0.05) is 23.7 Å². The lowest BCUT2D eigenvalue weighted by Gasteiger charge is -2.14. The Hall–Kier alpha value is -2.13. The SMILES string of the molecule is FC(F)Oc1ccc(CNC(=S)Nc2ccc(Cl)c(C(F)(F)F)c2)cc1. The van der Waals surface area contributed by atoms with Gasteiger partial charge >= 0.3 is 12.8 Å². The van der Waals surface area contributed by atoms with Crippen LogP contribution in [0, 0.1) is 0 Å².